The number of hydrogen-bond donors (Lipinski definition) is 3. The highest BCUT2D eigenvalue weighted by Crippen LogP contribution is 2.30. The Kier molecular flexibility index (Phi) is 6.53. The third kappa shape index (κ3) is 5.39. The van der Waals surface area contributed by atoms with Crippen LogP contribution in [0.4, 0.5) is 9.59 Å². The highest BCUT2D eigenvalue weighted by molar-refractivity contribution is 7.80. The Balaban J connectivity index is 1.56. The molecule has 0 aromatic carbocycles. The maximum Gasteiger partial charge on any atom is 0.418 e. The highest BCUT2D eigenvalue weighted by Gasteiger charge is 2.49. The van der Waals surface area contributed by atoms with Gasteiger partial charge in [0, 0.05) is 13.1 Å². The van der Waals surface area contributed by atoms with Crippen molar-refractivity contribution in [2.45, 2.75) is 70.2 Å². The van der Waals surface area contributed by atoms with Crippen LogP contribution in [-0.2, 0) is 29.0 Å². The minimum atomic E-state index is -4.89. The SMILES string of the molecule is CC(C)(C)OC(=O)N1CCC[C@@H]1C(=O)NNC(=O)[C@@H]1CC[C@@H]2CN1C(=O)N2OS(=O)(=O)O. The molecule has 180 valence electrons. The van der Waals surface area contributed by atoms with Crippen molar-refractivity contribution in [3.63, 3.8) is 0 Å². The number of hydroxylamine groups is 2. The average Bonchev–Trinajstić information content (AvgIpc) is 3.24. The lowest BCUT2D eigenvalue weighted by atomic mass is 10.0. The Bertz CT molecular complexity index is 903. The van der Waals surface area contributed by atoms with Crippen LogP contribution in [-0.4, -0.2) is 88.6 Å². The Morgan fingerprint density at radius 1 is 1.06 bits per heavy atom. The van der Waals surface area contributed by atoms with Crippen LogP contribution >= 0.6 is 0 Å². The van der Waals surface area contributed by atoms with Gasteiger partial charge in [-0.3, -0.25) is 29.9 Å². The van der Waals surface area contributed by atoms with Crippen LogP contribution in [0.2, 0.25) is 0 Å². The normalized spacial score (nSPS) is 25.7. The summed E-state index contributed by atoms with van der Waals surface area (Å²) in [6.45, 7) is 5.51. The van der Waals surface area contributed by atoms with Gasteiger partial charge >= 0.3 is 22.5 Å². The second-order valence-corrected chi connectivity index (χ2v) is 9.82. The summed E-state index contributed by atoms with van der Waals surface area (Å²) in [5, 5.41) is 0.526. The first-order chi connectivity index (χ1) is 14.8. The molecule has 0 spiro atoms. The predicted molar refractivity (Wildman–Crippen MR) is 106 cm³/mol. The van der Waals surface area contributed by atoms with Crippen molar-refractivity contribution in [2.24, 2.45) is 0 Å². The van der Waals surface area contributed by atoms with Gasteiger partial charge in [0.1, 0.15) is 17.7 Å². The van der Waals surface area contributed by atoms with Crippen molar-refractivity contribution in [1.82, 2.24) is 25.7 Å². The van der Waals surface area contributed by atoms with E-state index in [4.69, 9.17) is 9.29 Å². The van der Waals surface area contributed by atoms with Gasteiger partial charge < -0.3 is 9.64 Å². The van der Waals surface area contributed by atoms with Gasteiger partial charge in [-0.05, 0) is 46.5 Å². The van der Waals surface area contributed by atoms with Gasteiger partial charge in [0.15, 0.2) is 0 Å². The van der Waals surface area contributed by atoms with Crippen molar-refractivity contribution in [3.05, 3.63) is 0 Å². The third-order valence-electron chi connectivity index (χ3n) is 5.29. The fourth-order valence-corrected chi connectivity index (χ4v) is 4.36. The van der Waals surface area contributed by atoms with Crippen LogP contribution in [0.1, 0.15) is 46.5 Å². The van der Waals surface area contributed by atoms with E-state index >= 15 is 0 Å². The van der Waals surface area contributed by atoms with Crippen molar-refractivity contribution in [2.75, 3.05) is 13.1 Å². The second kappa shape index (κ2) is 8.71. The number of ether oxygens (including phenoxy) is 1. The molecule has 0 aliphatic carbocycles. The molecule has 0 saturated carbocycles. The number of likely N-dealkylation sites (tertiary alicyclic amines) is 1. The van der Waals surface area contributed by atoms with E-state index in [1.54, 1.807) is 20.8 Å². The molecule has 0 aromatic rings. The van der Waals surface area contributed by atoms with Gasteiger partial charge in [-0.1, -0.05) is 0 Å². The van der Waals surface area contributed by atoms with Crippen molar-refractivity contribution < 1.29 is 41.2 Å². The van der Waals surface area contributed by atoms with E-state index in [2.05, 4.69) is 15.1 Å². The third-order valence-corrected chi connectivity index (χ3v) is 5.64. The molecule has 0 unspecified atom stereocenters. The van der Waals surface area contributed by atoms with Crippen LogP contribution in [0.3, 0.4) is 0 Å². The number of piperidine rings is 1. The molecule has 3 N–H and O–H groups in total. The summed E-state index contributed by atoms with van der Waals surface area (Å²) in [7, 11) is -4.89. The van der Waals surface area contributed by atoms with E-state index in [1.165, 1.54) is 4.90 Å². The molecule has 3 heterocycles. The summed E-state index contributed by atoms with van der Waals surface area (Å²) < 4.78 is 40.4. The lowest BCUT2D eigenvalue weighted by molar-refractivity contribution is -0.133. The molecule has 5 amide bonds. The van der Waals surface area contributed by atoms with E-state index in [0.717, 1.165) is 4.90 Å². The predicted octanol–water partition coefficient (Wildman–Crippen LogP) is -0.464. The van der Waals surface area contributed by atoms with Gasteiger partial charge in [0.25, 0.3) is 11.8 Å². The number of fused-ring (bicyclic) bond motifs is 2. The van der Waals surface area contributed by atoms with Gasteiger partial charge in [-0.15, -0.1) is 4.28 Å². The summed E-state index contributed by atoms with van der Waals surface area (Å²) in [5.41, 5.74) is 3.83. The van der Waals surface area contributed by atoms with Crippen molar-refractivity contribution in [3.8, 4) is 0 Å². The maximum atomic E-state index is 12.6. The van der Waals surface area contributed by atoms with E-state index in [9.17, 15) is 27.6 Å². The van der Waals surface area contributed by atoms with Gasteiger partial charge in [0.2, 0.25) is 0 Å². The van der Waals surface area contributed by atoms with Gasteiger partial charge in [0.05, 0.1) is 6.04 Å². The molecule has 0 radical (unpaired) electrons. The molecule has 3 aliphatic heterocycles. The Morgan fingerprint density at radius 2 is 1.69 bits per heavy atom. The number of urea groups is 1. The van der Waals surface area contributed by atoms with Crippen LogP contribution in [0.15, 0.2) is 0 Å². The van der Waals surface area contributed by atoms with Crippen molar-refractivity contribution in [1.29, 1.82) is 0 Å². The summed E-state index contributed by atoms with van der Waals surface area (Å²) in [5.74, 6) is -1.28. The molecule has 32 heavy (non-hydrogen) atoms. The summed E-state index contributed by atoms with van der Waals surface area (Å²) in [6.07, 6.45) is 0.816. The molecule has 14 nitrogen and oxygen atoms in total. The maximum absolute atomic E-state index is 12.6. The minimum absolute atomic E-state index is 0.0232. The standard InChI is InChI=1S/C17H27N5O9S/c1-17(2,3)30-16(26)20-8-4-5-11(20)13(23)18-19-14(24)12-7-6-10-9-21(12)15(25)22(10)31-32(27,28)29/h10-12H,4-9H2,1-3H3,(H,18,23)(H,19,24)(H,27,28,29)/t10-,11-,12+/m1/s1. The first kappa shape index (κ1) is 24.0. The molecular formula is C17H27N5O9S. The zero-order chi connectivity index (χ0) is 23.8. The number of nitrogens with one attached hydrogen (secondary N) is 2. The molecule has 3 rings (SSSR count). The summed E-state index contributed by atoms with van der Waals surface area (Å²) in [6, 6.07) is -3.31. The molecule has 15 heteroatoms. The zero-order valence-electron chi connectivity index (χ0n) is 17.9. The molecule has 0 aromatic heterocycles. The Hall–Kier alpha value is -2.65. The first-order valence-corrected chi connectivity index (χ1v) is 11.5. The van der Waals surface area contributed by atoms with Crippen LogP contribution < -0.4 is 10.9 Å². The number of nitrogens with zero attached hydrogens (tertiary/aromatic N) is 3. The quantitative estimate of drug-likeness (QED) is 0.357. The fourth-order valence-electron chi connectivity index (χ4n) is 3.97. The fraction of sp³-hybridized carbons (Fsp3) is 0.765. The van der Waals surface area contributed by atoms with Crippen LogP contribution in [0.25, 0.3) is 0 Å². The first-order valence-electron chi connectivity index (χ1n) is 10.1. The molecular weight excluding hydrogens is 450 g/mol. The lowest BCUT2D eigenvalue weighted by Gasteiger charge is -2.30. The number of hydrazine groups is 1. The number of rotatable bonds is 4. The number of carbonyl (C=O) groups is 4. The number of amides is 5. The number of carbonyl (C=O) groups excluding carboxylic acids is 4. The molecule has 3 atom stereocenters. The van der Waals surface area contributed by atoms with E-state index in [-0.39, 0.29) is 19.4 Å². The van der Waals surface area contributed by atoms with E-state index < -0.39 is 58.1 Å². The van der Waals surface area contributed by atoms with Crippen molar-refractivity contribution >= 4 is 34.3 Å². The highest BCUT2D eigenvalue weighted by atomic mass is 32.3. The lowest BCUT2D eigenvalue weighted by Crippen LogP contribution is -2.57. The van der Waals surface area contributed by atoms with E-state index in [1.807, 2.05) is 0 Å². The smallest absolute Gasteiger partial charge is 0.418 e. The number of hydrogen-bond acceptors (Lipinski definition) is 8. The summed E-state index contributed by atoms with van der Waals surface area (Å²) in [4.78, 5) is 52.3. The van der Waals surface area contributed by atoms with Gasteiger partial charge in [-0.25, -0.2) is 9.59 Å². The topological polar surface area (TPSA) is 175 Å². The minimum Gasteiger partial charge on any atom is -0.444 e. The molecule has 3 saturated heterocycles. The Morgan fingerprint density at radius 3 is 2.28 bits per heavy atom. The second-order valence-electron chi connectivity index (χ2n) is 8.82. The van der Waals surface area contributed by atoms with Crippen LogP contribution in [0.5, 0.6) is 0 Å². The Labute approximate surface area is 185 Å². The monoisotopic (exact) mass is 477 g/mol. The molecule has 2 bridgehead atoms. The molecule has 3 fully saturated rings. The average molecular weight is 477 g/mol. The van der Waals surface area contributed by atoms with Crippen LogP contribution in [0, 0.1) is 0 Å². The van der Waals surface area contributed by atoms with Gasteiger partial charge in [-0.2, -0.15) is 13.5 Å². The zero-order valence-corrected chi connectivity index (χ0v) is 18.8. The largest absolute Gasteiger partial charge is 0.444 e. The molecule has 3 aliphatic rings. The summed E-state index contributed by atoms with van der Waals surface area (Å²) >= 11 is 0. The van der Waals surface area contributed by atoms with E-state index in [0.29, 0.717) is 24.4 Å².